The predicted octanol–water partition coefficient (Wildman–Crippen LogP) is 2.04. The summed E-state index contributed by atoms with van der Waals surface area (Å²) in [5.41, 5.74) is 2.35. The lowest BCUT2D eigenvalue weighted by Gasteiger charge is -2.00. The van der Waals surface area contributed by atoms with Crippen LogP contribution in [0.1, 0.15) is 11.1 Å². The summed E-state index contributed by atoms with van der Waals surface area (Å²) < 4.78 is 11.1. The van der Waals surface area contributed by atoms with Crippen LogP contribution in [-0.2, 0) is 10.8 Å². The van der Waals surface area contributed by atoms with Gasteiger partial charge >= 0.3 is 0 Å². The van der Waals surface area contributed by atoms with Crippen LogP contribution >= 0.6 is 0 Å². The molecule has 1 nitrogen and oxygen atoms in total. The summed E-state index contributed by atoms with van der Waals surface area (Å²) in [5.74, 6) is 0. The fourth-order valence-electron chi connectivity index (χ4n) is 1.10. The number of benzene rings is 1. The van der Waals surface area contributed by atoms with Crippen molar-refractivity contribution in [1.82, 2.24) is 0 Å². The minimum Gasteiger partial charge on any atom is -0.255 e. The summed E-state index contributed by atoms with van der Waals surface area (Å²) in [7, 11) is -0.850. The second-order valence-corrected chi connectivity index (χ2v) is 4.16. The van der Waals surface area contributed by atoms with E-state index in [1.807, 2.05) is 26.0 Å². The first-order valence-corrected chi connectivity index (χ1v) is 5.07. The van der Waals surface area contributed by atoms with Gasteiger partial charge in [0, 0.05) is 22.0 Å². The van der Waals surface area contributed by atoms with Gasteiger partial charge in [-0.05, 0) is 37.1 Å². The topological polar surface area (TPSA) is 17.1 Å². The first-order valence-electron chi connectivity index (χ1n) is 3.51. The average molecular weight is 168 g/mol. The molecule has 0 amide bonds. The Morgan fingerprint density at radius 1 is 1.09 bits per heavy atom. The van der Waals surface area contributed by atoms with Crippen molar-refractivity contribution in [1.29, 1.82) is 0 Å². The molecule has 0 aromatic heterocycles. The monoisotopic (exact) mass is 168 g/mol. The maximum absolute atomic E-state index is 11.1. The maximum atomic E-state index is 11.1. The molecule has 0 fully saturated rings. The van der Waals surface area contributed by atoms with E-state index in [4.69, 9.17) is 0 Å². The first kappa shape index (κ1) is 8.47. The van der Waals surface area contributed by atoms with Gasteiger partial charge in [0.1, 0.15) is 0 Å². The van der Waals surface area contributed by atoms with Gasteiger partial charge in [-0.15, -0.1) is 0 Å². The van der Waals surface area contributed by atoms with Crippen molar-refractivity contribution in [2.75, 3.05) is 6.26 Å². The fourth-order valence-corrected chi connectivity index (χ4v) is 1.80. The average Bonchev–Trinajstić information content (AvgIpc) is 1.85. The van der Waals surface area contributed by atoms with Crippen LogP contribution in [0.4, 0.5) is 0 Å². The van der Waals surface area contributed by atoms with E-state index in [9.17, 15) is 4.21 Å². The maximum Gasteiger partial charge on any atom is 0.0498 e. The highest BCUT2D eigenvalue weighted by molar-refractivity contribution is 7.84. The fraction of sp³-hybridized carbons (Fsp3) is 0.333. The van der Waals surface area contributed by atoms with E-state index in [1.165, 1.54) is 11.1 Å². The molecular weight excluding hydrogens is 156 g/mol. The SMILES string of the molecule is Cc1cc(C)cc(S(C)=O)c1. The Kier molecular flexibility index (Phi) is 2.45. The highest BCUT2D eigenvalue weighted by Gasteiger charge is 1.97. The molecule has 1 rings (SSSR count). The molecule has 0 bridgehead atoms. The van der Waals surface area contributed by atoms with Crippen molar-refractivity contribution < 1.29 is 4.21 Å². The van der Waals surface area contributed by atoms with Gasteiger partial charge in [0.2, 0.25) is 0 Å². The molecule has 0 aliphatic carbocycles. The third-order valence-corrected chi connectivity index (χ3v) is 2.43. The van der Waals surface area contributed by atoms with E-state index in [0.717, 1.165) is 4.90 Å². The zero-order chi connectivity index (χ0) is 8.43. The van der Waals surface area contributed by atoms with Gasteiger partial charge in [0.05, 0.1) is 0 Å². The molecule has 1 aromatic carbocycles. The molecule has 1 atom stereocenters. The quantitative estimate of drug-likeness (QED) is 0.627. The second-order valence-electron chi connectivity index (χ2n) is 2.78. The van der Waals surface area contributed by atoms with Gasteiger partial charge in [-0.2, -0.15) is 0 Å². The predicted molar refractivity (Wildman–Crippen MR) is 48.2 cm³/mol. The molecule has 0 heterocycles. The summed E-state index contributed by atoms with van der Waals surface area (Å²) in [5, 5.41) is 0. The molecule has 0 radical (unpaired) electrons. The Hall–Kier alpha value is -0.630. The third-order valence-electron chi connectivity index (χ3n) is 1.53. The third kappa shape index (κ3) is 2.15. The van der Waals surface area contributed by atoms with E-state index in [2.05, 4.69) is 6.07 Å². The second kappa shape index (κ2) is 3.18. The van der Waals surface area contributed by atoms with Crippen molar-refractivity contribution >= 4 is 10.8 Å². The standard InChI is InChI=1S/C9H12OS/c1-7-4-8(2)6-9(5-7)11(3)10/h4-6H,1-3H3. The summed E-state index contributed by atoms with van der Waals surface area (Å²) in [6, 6.07) is 6.00. The van der Waals surface area contributed by atoms with Crippen molar-refractivity contribution in [2.45, 2.75) is 18.7 Å². The molecular formula is C9H12OS. The molecule has 1 aromatic rings. The number of aryl methyl sites for hydroxylation is 2. The summed E-state index contributed by atoms with van der Waals surface area (Å²) in [6.07, 6.45) is 1.70. The zero-order valence-electron chi connectivity index (χ0n) is 7.05. The molecule has 0 saturated heterocycles. The Morgan fingerprint density at radius 2 is 1.55 bits per heavy atom. The van der Waals surface area contributed by atoms with E-state index in [-0.39, 0.29) is 0 Å². The van der Waals surface area contributed by atoms with E-state index >= 15 is 0 Å². The summed E-state index contributed by atoms with van der Waals surface area (Å²) in [6.45, 7) is 4.03. The first-order chi connectivity index (χ1) is 5.09. The van der Waals surface area contributed by atoms with E-state index in [0.29, 0.717) is 0 Å². The van der Waals surface area contributed by atoms with Gasteiger partial charge < -0.3 is 0 Å². The van der Waals surface area contributed by atoms with Crippen molar-refractivity contribution in [3.63, 3.8) is 0 Å². The molecule has 0 spiro atoms. The molecule has 0 aliphatic heterocycles. The highest BCUT2D eigenvalue weighted by atomic mass is 32.2. The largest absolute Gasteiger partial charge is 0.255 e. The molecule has 2 heteroatoms. The van der Waals surface area contributed by atoms with Crippen LogP contribution in [0.2, 0.25) is 0 Å². The Morgan fingerprint density at radius 3 is 1.91 bits per heavy atom. The van der Waals surface area contributed by atoms with Crippen molar-refractivity contribution in [3.05, 3.63) is 29.3 Å². The van der Waals surface area contributed by atoms with E-state index < -0.39 is 10.8 Å². The lowest BCUT2D eigenvalue weighted by atomic mass is 10.2. The van der Waals surface area contributed by atoms with Gasteiger partial charge in [0.25, 0.3) is 0 Å². The lowest BCUT2D eigenvalue weighted by molar-refractivity contribution is 0.686. The molecule has 60 valence electrons. The van der Waals surface area contributed by atoms with Crippen molar-refractivity contribution in [3.8, 4) is 0 Å². The highest BCUT2D eigenvalue weighted by Crippen LogP contribution is 2.11. The lowest BCUT2D eigenvalue weighted by Crippen LogP contribution is -1.89. The minimum atomic E-state index is -0.850. The van der Waals surface area contributed by atoms with E-state index in [1.54, 1.807) is 6.26 Å². The Labute approximate surface area is 69.9 Å². The van der Waals surface area contributed by atoms with Crippen molar-refractivity contribution in [2.24, 2.45) is 0 Å². The summed E-state index contributed by atoms with van der Waals surface area (Å²) in [4.78, 5) is 0.919. The minimum absolute atomic E-state index is 0.850. The number of hydrogen-bond donors (Lipinski definition) is 0. The van der Waals surface area contributed by atoms with Crippen LogP contribution in [0.25, 0.3) is 0 Å². The molecule has 0 N–H and O–H groups in total. The number of hydrogen-bond acceptors (Lipinski definition) is 1. The van der Waals surface area contributed by atoms with Gasteiger partial charge in [0.15, 0.2) is 0 Å². The Balaban J connectivity index is 3.19. The van der Waals surface area contributed by atoms with Gasteiger partial charge in [-0.3, -0.25) is 4.21 Å². The molecule has 1 unspecified atom stereocenters. The summed E-state index contributed by atoms with van der Waals surface area (Å²) >= 11 is 0. The van der Waals surface area contributed by atoms with Crippen LogP contribution in [0.15, 0.2) is 23.1 Å². The van der Waals surface area contributed by atoms with Crippen LogP contribution in [0.5, 0.6) is 0 Å². The van der Waals surface area contributed by atoms with Crippen LogP contribution in [0, 0.1) is 13.8 Å². The zero-order valence-corrected chi connectivity index (χ0v) is 7.87. The smallest absolute Gasteiger partial charge is 0.0498 e. The number of rotatable bonds is 1. The van der Waals surface area contributed by atoms with Gasteiger partial charge in [-0.1, -0.05) is 6.07 Å². The molecule has 11 heavy (non-hydrogen) atoms. The molecule has 0 aliphatic rings. The molecule has 0 saturated carbocycles. The Bertz CT molecular complexity index is 271. The van der Waals surface area contributed by atoms with Gasteiger partial charge in [-0.25, -0.2) is 0 Å². The van der Waals surface area contributed by atoms with Crippen LogP contribution < -0.4 is 0 Å². The normalized spacial score (nSPS) is 13.0. The van der Waals surface area contributed by atoms with Crippen LogP contribution in [-0.4, -0.2) is 10.5 Å². The van der Waals surface area contributed by atoms with Crippen LogP contribution in [0.3, 0.4) is 0 Å².